The van der Waals surface area contributed by atoms with Crippen molar-refractivity contribution in [1.82, 2.24) is 0 Å². The topological polar surface area (TPSA) is 41.5 Å². The van der Waals surface area contributed by atoms with Crippen LogP contribution in [0.1, 0.15) is 18.1 Å². The third-order valence-electron chi connectivity index (χ3n) is 2.94. The number of para-hydroxylation sites is 2. The van der Waals surface area contributed by atoms with Crippen LogP contribution in [-0.2, 0) is 17.9 Å². The summed E-state index contributed by atoms with van der Waals surface area (Å²) in [5, 5.41) is 13.1. The van der Waals surface area contributed by atoms with Gasteiger partial charge in [-0.15, -0.1) is 0 Å². The van der Waals surface area contributed by atoms with Crippen molar-refractivity contribution in [3.8, 4) is 5.75 Å². The first kappa shape index (κ1) is 13.4. The minimum Gasteiger partial charge on any atom is -0.508 e. The molecule has 2 rings (SSSR count). The molecule has 0 aliphatic rings. The molecule has 3 nitrogen and oxygen atoms in total. The molecule has 0 aliphatic heterocycles. The summed E-state index contributed by atoms with van der Waals surface area (Å²) in [6, 6.07) is 15.4. The minimum absolute atomic E-state index is 0.317. The van der Waals surface area contributed by atoms with Crippen molar-refractivity contribution < 1.29 is 9.84 Å². The molecule has 0 atom stereocenters. The Morgan fingerprint density at radius 1 is 1.00 bits per heavy atom. The molecular weight excluding hydrogens is 238 g/mol. The summed E-state index contributed by atoms with van der Waals surface area (Å²) in [5.74, 6) is 0.317. The maximum absolute atomic E-state index is 9.73. The monoisotopic (exact) mass is 257 g/mol. The second-order valence-electron chi connectivity index (χ2n) is 4.28. The number of ether oxygens (including phenoxy) is 1. The van der Waals surface area contributed by atoms with Gasteiger partial charge in [0, 0.05) is 30.0 Å². The van der Waals surface area contributed by atoms with Gasteiger partial charge < -0.3 is 15.2 Å². The Hall–Kier alpha value is -2.00. The van der Waals surface area contributed by atoms with Crippen LogP contribution in [0.15, 0.2) is 48.5 Å². The summed E-state index contributed by atoms with van der Waals surface area (Å²) in [4.78, 5) is 0. The molecule has 0 aromatic heterocycles. The fraction of sp³-hybridized carbons (Fsp3) is 0.250. The van der Waals surface area contributed by atoms with Crippen molar-refractivity contribution in [3.05, 3.63) is 59.7 Å². The van der Waals surface area contributed by atoms with E-state index in [-0.39, 0.29) is 0 Å². The number of hydrogen-bond donors (Lipinski definition) is 2. The van der Waals surface area contributed by atoms with E-state index in [0.29, 0.717) is 25.5 Å². The summed E-state index contributed by atoms with van der Waals surface area (Å²) in [6.45, 7) is 3.88. The van der Waals surface area contributed by atoms with Gasteiger partial charge in [-0.05, 0) is 19.1 Å². The molecule has 2 aromatic rings. The predicted octanol–water partition coefficient (Wildman–Crippen LogP) is 3.54. The number of hydrogen-bond acceptors (Lipinski definition) is 3. The first-order valence-electron chi connectivity index (χ1n) is 6.47. The van der Waals surface area contributed by atoms with Crippen molar-refractivity contribution in [2.75, 3.05) is 11.9 Å². The Balaban J connectivity index is 2.05. The lowest BCUT2D eigenvalue weighted by Gasteiger charge is -2.12. The molecule has 19 heavy (non-hydrogen) atoms. The number of benzene rings is 2. The number of phenols is 1. The average molecular weight is 257 g/mol. The van der Waals surface area contributed by atoms with Crippen LogP contribution >= 0.6 is 0 Å². The number of anilines is 1. The van der Waals surface area contributed by atoms with E-state index in [1.807, 2.05) is 49.4 Å². The highest BCUT2D eigenvalue weighted by Crippen LogP contribution is 2.20. The number of phenolic OH excluding ortho intramolecular Hbond substituents is 1. The summed E-state index contributed by atoms with van der Waals surface area (Å²) in [7, 11) is 0. The molecule has 0 heterocycles. The zero-order valence-corrected chi connectivity index (χ0v) is 11.1. The van der Waals surface area contributed by atoms with Crippen molar-refractivity contribution in [3.63, 3.8) is 0 Å². The maximum Gasteiger partial charge on any atom is 0.120 e. The molecule has 2 aromatic carbocycles. The normalized spacial score (nSPS) is 10.4. The summed E-state index contributed by atoms with van der Waals surface area (Å²) >= 11 is 0. The Kier molecular flexibility index (Phi) is 4.81. The van der Waals surface area contributed by atoms with Gasteiger partial charge in [0.1, 0.15) is 5.75 Å². The van der Waals surface area contributed by atoms with Crippen LogP contribution in [-0.4, -0.2) is 11.7 Å². The molecular formula is C16H19NO2. The van der Waals surface area contributed by atoms with Gasteiger partial charge in [0.15, 0.2) is 0 Å². The quantitative estimate of drug-likeness (QED) is 0.831. The Morgan fingerprint density at radius 2 is 1.68 bits per heavy atom. The van der Waals surface area contributed by atoms with Crippen LogP contribution in [0.4, 0.5) is 5.69 Å². The lowest BCUT2D eigenvalue weighted by molar-refractivity contribution is 0.134. The second kappa shape index (κ2) is 6.81. The van der Waals surface area contributed by atoms with Crippen molar-refractivity contribution in [2.45, 2.75) is 20.1 Å². The van der Waals surface area contributed by atoms with E-state index in [1.54, 1.807) is 6.07 Å². The molecule has 0 aliphatic carbocycles. The maximum atomic E-state index is 9.73. The van der Waals surface area contributed by atoms with Crippen molar-refractivity contribution in [2.24, 2.45) is 0 Å². The second-order valence-corrected chi connectivity index (χ2v) is 4.28. The molecule has 0 fully saturated rings. The fourth-order valence-electron chi connectivity index (χ4n) is 1.88. The highest BCUT2D eigenvalue weighted by molar-refractivity contribution is 5.51. The largest absolute Gasteiger partial charge is 0.508 e. The van der Waals surface area contributed by atoms with Crippen LogP contribution < -0.4 is 5.32 Å². The average Bonchev–Trinajstić information content (AvgIpc) is 2.45. The Bertz CT molecular complexity index is 526. The van der Waals surface area contributed by atoms with Gasteiger partial charge in [0.25, 0.3) is 0 Å². The van der Waals surface area contributed by atoms with E-state index in [4.69, 9.17) is 4.74 Å². The molecule has 0 bridgehead atoms. The summed E-state index contributed by atoms with van der Waals surface area (Å²) in [5.41, 5.74) is 3.05. The smallest absolute Gasteiger partial charge is 0.120 e. The number of rotatable bonds is 6. The first-order chi connectivity index (χ1) is 9.31. The molecule has 0 radical (unpaired) electrons. The van der Waals surface area contributed by atoms with Crippen LogP contribution in [0, 0.1) is 0 Å². The molecule has 0 spiro atoms. The molecule has 0 amide bonds. The van der Waals surface area contributed by atoms with Crippen LogP contribution in [0.5, 0.6) is 5.75 Å². The lowest BCUT2D eigenvalue weighted by Crippen LogP contribution is -2.03. The van der Waals surface area contributed by atoms with Crippen LogP contribution in [0.2, 0.25) is 0 Å². The van der Waals surface area contributed by atoms with E-state index in [0.717, 1.165) is 16.8 Å². The molecule has 3 heteroatoms. The Morgan fingerprint density at radius 3 is 2.42 bits per heavy atom. The highest BCUT2D eigenvalue weighted by atomic mass is 16.5. The third kappa shape index (κ3) is 3.73. The summed E-state index contributed by atoms with van der Waals surface area (Å²) < 4.78 is 5.45. The minimum atomic E-state index is 0.317. The van der Waals surface area contributed by atoms with E-state index < -0.39 is 0 Å². The lowest BCUT2D eigenvalue weighted by atomic mass is 10.1. The van der Waals surface area contributed by atoms with Gasteiger partial charge in [-0.2, -0.15) is 0 Å². The molecule has 100 valence electrons. The van der Waals surface area contributed by atoms with Crippen LogP contribution in [0.3, 0.4) is 0 Å². The zero-order valence-electron chi connectivity index (χ0n) is 11.1. The predicted molar refractivity (Wildman–Crippen MR) is 77.2 cm³/mol. The van der Waals surface area contributed by atoms with Gasteiger partial charge in [-0.1, -0.05) is 36.4 Å². The Labute approximate surface area is 113 Å². The molecule has 0 saturated heterocycles. The first-order valence-corrected chi connectivity index (χ1v) is 6.47. The number of nitrogens with one attached hydrogen (secondary N) is 1. The van der Waals surface area contributed by atoms with E-state index >= 15 is 0 Å². The number of aromatic hydroxyl groups is 1. The van der Waals surface area contributed by atoms with E-state index in [2.05, 4.69) is 5.32 Å². The third-order valence-corrected chi connectivity index (χ3v) is 2.94. The van der Waals surface area contributed by atoms with Gasteiger partial charge in [-0.25, -0.2) is 0 Å². The van der Waals surface area contributed by atoms with Gasteiger partial charge in [0.2, 0.25) is 0 Å². The van der Waals surface area contributed by atoms with E-state index in [9.17, 15) is 5.11 Å². The van der Waals surface area contributed by atoms with Crippen molar-refractivity contribution >= 4 is 5.69 Å². The SMILES string of the molecule is CCOCc1ccccc1NCc1ccccc1O. The molecule has 2 N–H and O–H groups in total. The fourth-order valence-corrected chi connectivity index (χ4v) is 1.88. The van der Waals surface area contributed by atoms with Gasteiger partial charge in [0.05, 0.1) is 6.61 Å². The molecule has 0 unspecified atom stereocenters. The standard InChI is InChI=1S/C16H19NO2/c1-2-19-12-14-8-3-5-9-15(14)17-11-13-7-4-6-10-16(13)18/h3-10,17-18H,2,11-12H2,1H3. The van der Waals surface area contributed by atoms with Crippen LogP contribution in [0.25, 0.3) is 0 Å². The van der Waals surface area contributed by atoms with Crippen molar-refractivity contribution in [1.29, 1.82) is 0 Å². The van der Waals surface area contributed by atoms with Gasteiger partial charge in [-0.3, -0.25) is 0 Å². The van der Waals surface area contributed by atoms with Gasteiger partial charge >= 0.3 is 0 Å². The highest BCUT2D eigenvalue weighted by Gasteiger charge is 2.03. The zero-order chi connectivity index (χ0) is 13.5. The molecule has 0 saturated carbocycles. The summed E-state index contributed by atoms with van der Waals surface area (Å²) in [6.07, 6.45) is 0. The van der Waals surface area contributed by atoms with E-state index in [1.165, 1.54) is 0 Å².